The molecule has 0 fully saturated rings. The minimum Gasteiger partial charge on any atom is -0.383 e. The maximum absolute atomic E-state index is 13.2. The van der Waals surface area contributed by atoms with Gasteiger partial charge in [0.2, 0.25) is 5.91 Å². The summed E-state index contributed by atoms with van der Waals surface area (Å²) < 4.78 is 6.52. The Morgan fingerprint density at radius 3 is 2.24 bits per heavy atom. The number of rotatable bonds is 12. The lowest BCUT2D eigenvalue weighted by molar-refractivity contribution is -0.130. The molecule has 3 N–H and O–H groups in total. The average Bonchev–Trinajstić information content (AvgIpc) is 2.74. The third-order valence-corrected chi connectivity index (χ3v) is 5.13. The molecule has 0 aliphatic heterocycles. The fourth-order valence-electron chi connectivity index (χ4n) is 3.70. The monoisotopic (exact) mass is 459 g/mol. The molecule has 1 amide bonds. The number of ether oxygens (including phenoxy) is 1. The number of aromatic nitrogens is 2. The molecule has 0 unspecified atom stereocenters. The second kappa shape index (κ2) is 12.2. The predicted octanol–water partition coefficient (Wildman–Crippen LogP) is 1.76. The number of nitrogens with zero attached hydrogens (tertiary/aromatic N) is 3. The zero-order chi connectivity index (χ0) is 24.5. The van der Waals surface area contributed by atoms with Gasteiger partial charge in [0.25, 0.3) is 5.56 Å². The average molecular weight is 460 g/mol. The van der Waals surface area contributed by atoms with Gasteiger partial charge in [0.05, 0.1) is 19.7 Å². The number of hydrogen-bond acceptors (Lipinski definition) is 6. The summed E-state index contributed by atoms with van der Waals surface area (Å²) in [6.45, 7) is 10.2. The molecular weight excluding hydrogens is 422 g/mol. The van der Waals surface area contributed by atoms with Crippen molar-refractivity contribution in [1.29, 1.82) is 0 Å². The first-order chi connectivity index (χ1) is 15.6. The summed E-state index contributed by atoms with van der Waals surface area (Å²) in [5, 5.41) is 0. The van der Waals surface area contributed by atoms with E-state index in [1.807, 2.05) is 35.2 Å². The molecule has 0 saturated carbocycles. The topological polar surface area (TPSA) is 114 Å². The van der Waals surface area contributed by atoms with Crippen molar-refractivity contribution in [3.05, 3.63) is 56.7 Å². The summed E-state index contributed by atoms with van der Waals surface area (Å²) in [6, 6.07) is 9.36. The number of methoxy groups -OCH3 is 1. The van der Waals surface area contributed by atoms with Gasteiger partial charge in [-0.3, -0.25) is 19.1 Å². The second-order valence-electron chi connectivity index (χ2n) is 9.07. The predicted molar refractivity (Wildman–Crippen MR) is 132 cm³/mol. The van der Waals surface area contributed by atoms with Crippen molar-refractivity contribution in [1.82, 2.24) is 14.5 Å². The summed E-state index contributed by atoms with van der Waals surface area (Å²) in [5.74, 6) is 0.534. The van der Waals surface area contributed by atoms with E-state index in [1.54, 1.807) is 12.0 Å². The van der Waals surface area contributed by atoms with Gasteiger partial charge in [-0.15, -0.1) is 0 Å². The van der Waals surface area contributed by atoms with E-state index in [-0.39, 0.29) is 37.0 Å². The molecule has 0 atom stereocenters. The van der Waals surface area contributed by atoms with Crippen LogP contribution in [0.1, 0.15) is 33.3 Å². The van der Waals surface area contributed by atoms with Crippen molar-refractivity contribution in [2.75, 3.05) is 50.5 Å². The molecule has 182 valence electrons. The molecule has 9 nitrogen and oxygen atoms in total. The summed E-state index contributed by atoms with van der Waals surface area (Å²) >= 11 is 0. The Hall–Kier alpha value is -3.07. The van der Waals surface area contributed by atoms with Crippen molar-refractivity contribution in [2.24, 2.45) is 11.8 Å². The number of hydrogen-bond donors (Lipinski definition) is 2. The molecule has 9 heteroatoms. The van der Waals surface area contributed by atoms with Crippen molar-refractivity contribution in [2.45, 2.75) is 34.2 Å². The maximum atomic E-state index is 13.2. The van der Waals surface area contributed by atoms with Crippen LogP contribution in [-0.2, 0) is 16.1 Å². The van der Waals surface area contributed by atoms with Gasteiger partial charge in [0.1, 0.15) is 11.5 Å². The molecular formula is C24H37N5O4. The van der Waals surface area contributed by atoms with Gasteiger partial charge >= 0.3 is 5.69 Å². The maximum Gasteiger partial charge on any atom is 0.330 e. The molecule has 1 aromatic carbocycles. The molecule has 1 aromatic heterocycles. The van der Waals surface area contributed by atoms with Crippen LogP contribution in [0.25, 0.3) is 0 Å². The summed E-state index contributed by atoms with van der Waals surface area (Å²) in [5.41, 5.74) is 6.11. The molecule has 0 saturated heterocycles. The van der Waals surface area contributed by atoms with E-state index in [0.29, 0.717) is 31.5 Å². The van der Waals surface area contributed by atoms with Crippen LogP contribution in [0.15, 0.2) is 39.9 Å². The SMILES string of the molecule is COCCN(CC(=O)N(CC(C)C)CC(C)C)c1c(N)n(Cc2ccccc2)c(=O)[nH]c1=O. The molecule has 0 bridgehead atoms. The van der Waals surface area contributed by atoms with Gasteiger partial charge in [0.15, 0.2) is 0 Å². The van der Waals surface area contributed by atoms with Crippen LogP contribution in [0.3, 0.4) is 0 Å². The van der Waals surface area contributed by atoms with E-state index in [1.165, 1.54) is 4.57 Å². The van der Waals surface area contributed by atoms with E-state index in [4.69, 9.17) is 10.5 Å². The van der Waals surface area contributed by atoms with Crippen molar-refractivity contribution < 1.29 is 9.53 Å². The van der Waals surface area contributed by atoms with E-state index >= 15 is 0 Å². The van der Waals surface area contributed by atoms with E-state index in [9.17, 15) is 14.4 Å². The van der Waals surface area contributed by atoms with Crippen molar-refractivity contribution in [3.8, 4) is 0 Å². The summed E-state index contributed by atoms with van der Waals surface area (Å²) in [7, 11) is 1.55. The number of carbonyl (C=O) groups is 1. The van der Waals surface area contributed by atoms with Crippen LogP contribution in [-0.4, -0.2) is 60.3 Å². The number of carbonyl (C=O) groups excluding carboxylic acids is 1. The third-order valence-electron chi connectivity index (χ3n) is 5.13. The first kappa shape index (κ1) is 26.2. The Morgan fingerprint density at radius 2 is 1.70 bits per heavy atom. The minimum absolute atomic E-state index is 0.0239. The Balaban J connectivity index is 2.44. The highest BCUT2D eigenvalue weighted by Crippen LogP contribution is 2.18. The first-order valence-corrected chi connectivity index (χ1v) is 11.3. The van der Waals surface area contributed by atoms with Crippen LogP contribution in [0.4, 0.5) is 11.5 Å². The molecule has 0 spiro atoms. The highest BCUT2D eigenvalue weighted by molar-refractivity contribution is 5.82. The summed E-state index contributed by atoms with van der Waals surface area (Å²) in [6.07, 6.45) is 0. The molecule has 1 heterocycles. The first-order valence-electron chi connectivity index (χ1n) is 11.3. The van der Waals surface area contributed by atoms with Crippen LogP contribution in [0.2, 0.25) is 0 Å². The molecule has 33 heavy (non-hydrogen) atoms. The van der Waals surface area contributed by atoms with Gasteiger partial charge in [-0.1, -0.05) is 58.0 Å². The molecule has 0 aliphatic carbocycles. The fraction of sp³-hybridized carbons (Fsp3) is 0.542. The number of H-pyrrole nitrogens is 1. The zero-order valence-electron chi connectivity index (χ0n) is 20.3. The van der Waals surface area contributed by atoms with Gasteiger partial charge in [-0.2, -0.15) is 0 Å². The molecule has 2 rings (SSSR count). The lowest BCUT2D eigenvalue weighted by Gasteiger charge is -2.31. The lowest BCUT2D eigenvalue weighted by Crippen LogP contribution is -2.47. The number of amides is 1. The largest absolute Gasteiger partial charge is 0.383 e. The smallest absolute Gasteiger partial charge is 0.330 e. The van der Waals surface area contributed by atoms with Crippen molar-refractivity contribution in [3.63, 3.8) is 0 Å². The number of anilines is 2. The number of nitrogens with two attached hydrogens (primary N) is 1. The Morgan fingerprint density at radius 1 is 1.09 bits per heavy atom. The molecule has 0 aliphatic rings. The van der Waals surface area contributed by atoms with Gasteiger partial charge in [-0.25, -0.2) is 4.79 Å². The fourth-order valence-corrected chi connectivity index (χ4v) is 3.70. The summed E-state index contributed by atoms with van der Waals surface area (Å²) in [4.78, 5) is 44.4. The standard InChI is InChI=1S/C24H37N5O4/c1-17(2)13-28(14-18(3)4)20(30)16-27(11-12-33-5)21-22(25)29(24(32)26-23(21)31)15-19-9-7-6-8-10-19/h6-10,17-18H,11-16,25H2,1-5H3,(H,26,31,32). The molecule has 0 radical (unpaired) electrons. The number of nitrogens with one attached hydrogen (secondary N) is 1. The highest BCUT2D eigenvalue weighted by atomic mass is 16.5. The minimum atomic E-state index is -0.620. The van der Waals surface area contributed by atoms with Crippen LogP contribution in [0, 0.1) is 11.8 Å². The third kappa shape index (κ3) is 7.49. The molecule has 2 aromatic rings. The zero-order valence-corrected chi connectivity index (χ0v) is 20.3. The number of aromatic amines is 1. The van der Waals surface area contributed by atoms with Crippen LogP contribution >= 0.6 is 0 Å². The number of nitrogen functional groups attached to an aromatic ring is 1. The Bertz CT molecular complexity index is 1000. The number of benzene rings is 1. The van der Waals surface area contributed by atoms with E-state index in [0.717, 1.165) is 5.56 Å². The Kier molecular flexibility index (Phi) is 9.72. The van der Waals surface area contributed by atoms with Gasteiger partial charge in [-0.05, 0) is 17.4 Å². The van der Waals surface area contributed by atoms with E-state index in [2.05, 4.69) is 32.7 Å². The quantitative estimate of drug-likeness (QED) is 0.500. The van der Waals surface area contributed by atoms with Crippen LogP contribution in [0.5, 0.6) is 0 Å². The normalized spacial score (nSPS) is 11.2. The van der Waals surface area contributed by atoms with E-state index < -0.39 is 11.2 Å². The Labute approximate surface area is 195 Å². The van der Waals surface area contributed by atoms with Crippen molar-refractivity contribution >= 4 is 17.4 Å². The van der Waals surface area contributed by atoms with Gasteiger partial charge < -0.3 is 20.3 Å². The van der Waals surface area contributed by atoms with Gasteiger partial charge in [0, 0.05) is 26.7 Å². The van der Waals surface area contributed by atoms with Crippen LogP contribution < -0.4 is 21.9 Å². The highest BCUT2D eigenvalue weighted by Gasteiger charge is 2.24. The lowest BCUT2D eigenvalue weighted by atomic mass is 10.1. The second-order valence-corrected chi connectivity index (χ2v) is 9.07.